The molecule has 4 aromatic rings. The van der Waals surface area contributed by atoms with E-state index in [-0.39, 0.29) is 29.9 Å². The third-order valence-corrected chi connectivity index (χ3v) is 5.25. The lowest BCUT2D eigenvalue weighted by Crippen LogP contribution is -2.15. The number of ether oxygens (including phenoxy) is 1. The smallest absolute Gasteiger partial charge is 0.278 e. The van der Waals surface area contributed by atoms with Crippen LogP contribution in [0.5, 0.6) is 5.75 Å². The van der Waals surface area contributed by atoms with E-state index in [0.717, 1.165) is 5.56 Å². The topological polar surface area (TPSA) is 86.9 Å². The van der Waals surface area contributed by atoms with E-state index >= 15 is 0 Å². The summed E-state index contributed by atoms with van der Waals surface area (Å²) >= 11 is 12.0. The molecule has 2 aromatic heterocycles. The number of aryl methyl sites for hydroxylation is 1. The molecule has 0 saturated carbocycles. The molecule has 164 valence electrons. The number of carbonyl (C=O) groups excluding carboxylic acids is 1. The van der Waals surface area contributed by atoms with Crippen LogP contribution in [0, 0.1) is 12.7 Å². The fraction of sp³-hybridized carbons (Fsp3) is 0.143. The molecule has 0 atom stereocenters. The van der Waals surface area contributed by atoms with Crippen molar-refractivity contribution >= 4 is 35.1 Å². The Hall–Kier alpha value is -3.43. The maximum absolute atomic E-state index is 13.2. The monoisotopic (exact) mass is 474 g/mol. The predicted octanol–water partition coefficient (Wildman–Crippen LogP) is 4.57. The predicted molar refractivity (Wildman–Crippen MR) is 118 cm³/mol. The third kappa shape index (κ3) is 5.24. The number of nitrogens with one attached hydrogen (secondary N) is 1. The van der Waals surface area contributed by atoms with Crippen molar-refractivity contribution in [3.8, 4) is 5.75 Å². The van der Waals surface area contributed by atoms with E-state index in [0.29, 0.717) is 16.3 Å². The largest absolute Gasteiger partial charge is 0.471 e. The molecule has 1 amide bonds. The van der Waals surface area contributed by atoms with Crippen LogP contribution in [0.3, 0.4) is 0 Å². The van der Waals surface area contributed by atoms with Crippen LogP contribution in [0.15, 0.2) is 55.0 Å². The van der Waals surface area contributed by atoms with Crippen LogP contribution in [0.2, 0.25) is 10.0 Å². The van der Waals surface area contributed by atoms with E-state index in [4.69, 9.17) is 27.9 Å². The number of rotatable bonds is 7. The molecule has 0 spiro atoms. The lowest BCUT2D eigenvalue weighted by molar-refractivity contribution is 0.101. The highest BCUT2D eigenvalue weighted by Gasteiger charge is 2.13. The second-order valence-corrected chi connectivity index (χ2v) is 7.69. The van der Waals surface area contributed by atoms with Gasteiger partial charge in [0.15, 0.2) is 12.4 Å². The Morgan fingerprint density at radius 3 is 2.72 bits per heavy atom. The van der Waals surface area contributed by atoms with Gasteiger partial charge in [0.25, 0.3) is 5.91 Å². The van der Waals surface area contributed by atoms with Crippen molar-refractivity contribution in [2.75, 3.05) is 5.32 Å². The van der Waals surface area contributed by atoms with E-state index < -0.39 is 11.7 Å². The van der Waals surface area contributed by atoms with Gasteiger partial charge in [0.2, 0.25) is 5.95 Å². The molecule has 2 heterocycles. The minimum Gasteiger partial charge on any atom is -0.471 e. The normalized spacial score (nSPS) is 10.9. The first-order valence-electron chi connectivity index (χ1n) is 9.44. The van der Waals surface area contributed by atoms with Crippen LogP contribution >= 0.6 is 23.2 Å². The maximum atomic E-state index is 13.2. The molecule has 11 heteroatoms. The highest BCUT2D eigenvalue weighted by Crippen LogP contribution is 2.21. The second-order valence-electron chi connectivity index (χ2n) is 6.88. The first kappa shape index (κ1) is 21.8. The second kappa shape index (κ2) is 9.37. The van der Waals surface area contributed by atoms with E-state index in [9.17, 15) is 9.18 Å². The lowest BCUT2D eigenvalue weighted by Gasteiger charge is -2.07. The van der Waals surface area contributed by atoms with Crippen LogP contribution in [-0.2, 0) is 13.3 Å². The zero-order valence-electron chi connectivity index (χ0n) is 16.8. The first-order valence-corrected chi connectivity index (χ1v) is 10.2. The number of nitrogens with zero attached hydrogens (tertiary/aromatic N) is 5. The molecule has 2 aromatic carbocycles. The third-order valence-electron chi connectivity index (χ3n) is 4.48. The van der Waals surface area contributed by atoms with Crippen molar-refractivity contribution in [3.63, 3.8) is 0 Å². The Balaban J connectivity index is 1.34. The van der Waals surface area contributed by atoms with E-state index in [2.05, 4.69) is 20.5 Å². The van der Waals surface area contributed by atoms with Crippen molar-refractivity contribution in [3.05, 3.63) is 87.7 Å². The summed E-state index contributed by atoms with van der Waals surface area (Å²) < 4.78 is 21.8. The van der Waals surface area contributed by atoms with Gasteiger partial charge in [-0.1, -0.05) is 29.3 Å². The molecule has 8 nitrogen and oxygen atoms in total. The molecular formula is C21H17Cl2FN6O2. The summed E-state index contributed by atoms with van der Waals surface area (Å²) in [5, 5.41) is 11.9. The van der Waals surface area contributed by atoms with Crippen molar-refractivity contribution in [2.45, 2.75) is 20.2 Å². The van der Waals surface area contributed by atoms with Crippen LogP contribution in [0.1, 0.15) is 21.6 Å². The molecule has 0 aliphatic carbocycles. The van der Waals surface area contributed by atoms with Gasteiger partial charge in [-0.2, -0.15) is 5.10 Å². The Morgan fingerprint density at radius 2 is 1.94 bits per heavy atom. The SMILES string of the molecule is Cc1cc(OCn2ccc(C(=O)Nc3ncn(Cc4ccc(F)cc4Cl)n3)n2)ccc1Cl. The van der Waals surface area contributed by atoms with E-state index in [1.165, 1.54) is 27.8 Å². The van der Waals surface area contributed by atoms with Gasteiger partial charge in [-0.15, -0.1) is 5.10 Å². The summed E-state index contributed by atoms with van der Waals surface area (Å²) in [5.41, 5.74) is 1.75. The van der Waals surface area contributed by atoms with Gasteiger partial charge in [-0.25, -0.2) is 18.7 Å². The molecule has 0 fully saturated rings. The standard InChI is InChI=1S/C21H17Cl2FN6O2/c1-13-8-16(4-5-17(13)22)32-12-29-7-6-19(27-29)20(31)26-21-25-11-30(28-21)10-14-2-3-15(24)9-18(14)23/h2-9,11H,10,12H2,1H3,(H,26,28,31). The average Bonchev–Trinajstić information content (AvgIpc) is 3.40. The first-order chi connectivity index (χ1) is 15.4. The number of halogens is 3. The minimum atomic E-state index is -0.469. The Kier molecular flexibility index (Phi) is 6.38. The quantitative estimate of drug-likeness (QED) is 0.424. The summed E-state index contributed by atoms with van der Waals surface area (Å²) in [5.74, 6) is -0.137. The summed E-state index contributed by atoms with van der Waals surface area (Å²) in [7, 11) is 0. The zero-order valence-corrected chi connectivity index (χ0v) is 18.3. The molecule has 0 bridgehead atoms. The Labute approximate surface area is 192 Å². The summed E-state index contributed by atoms with van der Waals surface area (Å²) in [6.07, 6.45) is 3.07. The van der Waals surface area contributed by atoms with Gasteiger partial charge < -0.3 is 4.74 Å². The number of hydrogen-bond donors (Lipinski definition) is 1. The fourth-order valence-corrected chi connectivity index (χ4v) is 3.16. The maximum Gasteiger partial charge on any atom is 0.278 e. The van der Waals surface area contributed by atoms with Crippen LogP contribution in [0.25, 0.3) is 0 Å². The zero-order chi connectivity index (χ0) is 22.7. The molecule has 0 aliphatic rings. The Bertz CT molecular complexity index is 1270. The van der Waals surface area contributed by atoms with Crippen molar-refractivity contribution in [1.82, 2.24) is 24.5 Å². The molecule has 0 saturated heterocycles. The fourth-order valence-electron chi connectivity index (χ4n) is 2.82. The average molecular weight is 475 g/mol. The highest BCUT2D eigenvalue weighted by molar-refractivity contribution is 6.31. The van der Waals surface area contributed by atoms with Crippen LogP contribution in [-0.4, -0.2) is 30.5 Å². The Morgan fingerprint density at radius 1 is 1.09 bits per heavy atom. The van der Waals surface area contributed by atoms with Gasteiger partial charge in [0.1, 0.15) is 17.9 Å². The number of benzene rings is 2. The molecule has 0 aliphatic heterocycles. The van der Waals surface area contributed by atoms with E-state index in [1.807, 2.05) is 13.0 Å². The van der Waals surface area contributed by atoms with Crippen molar-refractivity contribution in [2.24, 2.45) is 0 Å². The van der Waals surface area contributed by atoms with Crippen LogP contribution in [0.4, 0.5) is 10.3 Å². The lowest BCUT2D eigenvalue weighted by atomic mass is 10.2. The highest BCUT2D eigenvalue weighted by atomic mass is 35.5. The van der Waals surface area contributed by atoms with E-state index in [1.54, 1.807) is 30.5 Å². The van der Waals surface area contributed by atoms with Crippen molar-refractivity contribution < 1.29 is 13.9 Å². The van der Waals surface area contributed by atoms with Gasteiger partial charge in [0.05, 0.1) is 6.54 Å². The van der Waals surface area contributed by atoms with Gasteiger partial charge >= 0.3 is 0 Å². The molecular weight excluding hydrogens is 458 g/mol. The van der Waals surface area contributed by atoms with Crippen molar-refractivity contribution in [1.29, 1.82) is 0 Å². The molecule has 32 heavy (non-hydrogen) atoms. The molecule has 4 rings (SSSR count). The number of aromatic nitrogens is 5. The van der Waals surface area contributed by atoms with Gasteiger partial charge in [-0.05, 0) is 54.4 Å². The number of hydrogen-bond acceptors (Lipinski definition) is 5. The van der Waals surface area contributed by atoms with Crippen LogP contribution < -0.4 is 10.1 Å². The van der Waals surface area contributed by atoms with Gasteiger partial charge in [-0.3, -0.25) is 10.1 Å². The summed E-state index contributed by atoms with van der Waals surface area (Å²) in [4.78, 5) is 16.5. The number of anilines is 1. The number of carbonyl (C=O) groups is 1. The molecule has 0 unspecified atom stereocenters. The number of amides is 1. The summed E-state index contributed by atoms with van der Waals surface area (Å²) in [6, 6.07) is 11.0. The molecule has 0 radical (unpaired) electrons. The molecule has 1 N–H and O–H groups in total. The minimum absolute atomic E-state index is 0.107. The summed E-state index contributed by atoms with van der Waals surface area (Å²) in [6.45, 7) is 2.28. The van der Waals surface area contributed by atoms with Gasteiger partial charge in [0, 0.05) is 16.2 Å².